The van der Waals surface area contributed by atoms with Gasteiger partial charge in [0.1, 0.15) is 0 Å². The molecule has 1 aromatic carbocycles. The third kappa shape index (κ3) is 4.78. The summed E-state index contributed by atoms with van der Waals surface area (Å²) in [6, 6.07) is 7.20. The summed E-state index contributed by atoms with van der Waals surface area (Å²) >= 11 is 0. The first-order chi connectivity index (χ1) is 17.9. The van der Waals surface area contributed by atoms with E-state index in [0.717, 1.165) is 35.6 Å². The summed E-state index contributed by atoms with van der Waals surface area (Å²) in [5, 5.41) is 11.7. The zero-order chi connectivity index (χ0) is 25.6. The Hall–Kier alpha value is -2.45. The second kappa shape index (κ2) is 10.0. The van der Waals surface area contributed by atoms with Gasteiger partial charge in [0, 0.05) is 43.7 Å². The molecule has 0 radical (unpaired) electrons. The maximum absolute atomic E-state index is 12.5. The minimum absolute atomic E-state index is 0.188. The van der Waals surface area contributed by atoms with Crippen molar-refractivity contribution in [1.29, 1.82) is 0 Å². The number of aryl methyl sites for hydroxylation is 1. The summed E-state index contributed by atoms with van der Waals surface area (Å²) in [7, 11) is 1.95. The highest BCUT2D eigenvalue weighted by Crippen LogP contribution is 2.41. The van der Waals surface area contributed by atoms with Crippen LogP contribution in [0.15, 0.2) is 18.2 Å². The lowest BCUT2D eigenvalue weighted by atomic mass is 9.71. The number of piperidine rings is 4. The van der Waals surface area contributed by atoms with Gasteiger partial charge >= 0.3 is 0 Å². The largest absolute Gasteiger partial charge is 0.371 e. The van der Waals surface area contributed by atoms with Gasteiger partial charge in [-0.1, -0.05) is 0 Å². The normalized spacial score (nSPS) is 26.5. The van der Waals surface area contributed by atoms with Crippen LogP contribution < -0.4 is 15.5 Å². The number of imide groups is 1. The van der Waals surface area contributed by atoms with E-state index in [1.807, 2.05) is 11.7 Å². The molecule has 4 saturated heterocycles. The van der Waals surface area contributed by atoms with Crippen molar-refractivity contribution in [2.24, 2.45) is 18.4 Å². The predicted molar refractivity (Wildman–Crippen MR) is 146 cm³/mol. The maximum atomic E-state index is 12.5. The maximum Gasteiger partial charge on any atom is 0.235 e. The smallest absolute Gasteiger partial charge is 0.235 e. The summed E-state index contributed by atoms with van der Waals surface area (Å²) < 4.78 is 1.89. The number of aromatic nitrogens is 2. The number of carbonyl (C=O) groups excluding carboxylic acids is 2. The molecule has 1 aromatic heterocycles. The molecule has 37 heavy (non-hydrogen) atoms. The zero-order valence-corrected chi connectivity index (χ0v) is 22.5. The van der Waals surface area contributed by atoms with Gasteiger partial charge in [-0.25, -0.2) is 0 Å². The number of hydrogen-bond acceptors (Lipinski definition) is 6. The van der Waals surface area contributed by atoms with E-state index in [2.05, 4.69) is 45.6 Å². The van der Waals surface area contributed by atoms with Crippen LogP contribution in [-0.2, 0) is 16.6 Å². The van der Waals surface area contributed by atoms with Crippen LogP contribution in [0.5, 0.6) is 0 Å². The summed E-state index contributed by atoms with van der Waals surface area (Å²) in [6.45, 7) is 9.60. The van der Waals surface area contributed by atoms with Crippen molar-refractivity contribution in [3.05, 3.63) is 23.9 Å². The summed E-state index contributed by atoms with van der Waals surface area (Å²) in [5.74, 6) is -0.00887. The van der Waals surface area contributed by atoms with Crippen molar-refractivity contribution in [3.63, 3.8) is 0 Å². The number of likely N-dealkylation sites (tertiary alicyclic amines) is 1. The average molecular weight is 507 g/mol. The lowest BCUT2D eigenvalue weighted by Gasteiger charge is -2.48. The molecular weight excluding hydrogens is 464 g/mol. The van der Waals surface area contributed by atoms with E-state index in [9.17, 15) is 9.59 Å². The highest BCUT2D eigenvalue weighted by Gasteiger charge is 2.38. The fourth-order valence-electron chi connectivity index (χ4n) is 7.48. The van der Waals surface area contributed by atoms with Gasteiger partial charge in [0.25, 0.3) is 0 Å². The van der Waals surface area contributed by atoms with E-state index < -0.39 is 0 Å². The van der Waals surface area contributed by atoms with Gasteiger partial charge in [-0.15, -0.1) is 0 Å². The highest BCUT2D eigenvalue weighted by atomic mass is 16.2. The monoisotopic (exact) mass is 506 g/mol. The molecule has 8 nitrogen and oxygen atoms in total. The third-order valence-electron chi connectivity index (χ3n) is 10.1. The molecule has 2 N–H and O–H groups in total. The van der Waals surface area contributed by atoms with Crippen LogP contribution >= 0.6 is 0 Å². The molecule has 2 atom stereocenters. The van der Waals surface area contributed by atoms with Crippen molar-refractivity contribution < 1.29 is 9.59 Å². The van der Waals surface area contributed by atoms with E-state index in [-0.39, 0.29) is 17.7 Å². The molecule has 6 rings (SSSR count). The second-order valence-electron chi connectivity index (χ2n) is 12.1. The summed E-state index contributed by atoms with van der Waals surface area (Å²) in [4.78, 5) is 29.3. The Bertz CT molecular complexity index is 1150. The fraction of sp³-hybridized carbons (Fsp3) is 0.690. The first kappa shape index (κ1) is 24.9. The van der Waals surface area contributed by atoms with Gasteiger partial charge in [-0.3, -0.25) is 19.6 Å². The van der Waals surface area contributed by atoms with Crippen LogP contribution in [0.3, 0.4) is 0 Å². The van der Waals surface area contributed by atoms with Crippen LogP contribution in [0.4, 0.5) is 5.69 Å². The average Bonchev–Trinajstić information content (AvgIpc) is 3.25. The number of nitrogens with one attached hydrogen (secondary N) is 2. The Morgan fingerprint density at radius 1 is 1.00 bits per heavy atom. The number of carbonyl (C=O) groups is 2. The second-order valence-corrected chi connectivity index (χ2v) is 12.1. The lowest BCUT2D eigenvalue weighted by Crippen LogP contribution is -2.51. The topological polar surface area (TPSA) is 82.5 Å². The SMILES string of the molecule is C[C@H](C1CCN(c2ccc3c(C4CCC(=O)NC4=O)nn(C)c3c2)CC1)N1CCC2(CCNCC2)CC1. The molecule has 2 amide bonds. The van der Waals surface area contributed by atoms with Gasteiger partial charge < -0.3 is 15.1 Å². The van der Waals surface area contributed by atoms with Crippen LogP contribution in [0, 0.1) is 11.3 Å². The minimum atomic E-state index is -0.357. The molecule has 0 bridgehead atoms. The quantitative estimate of drug-likeness (QED) is 0.620. The van der Waals surface area contributed by atoms with E-state index in [1.54, 1.807) is 0 Å². The molecule has 8 heteroatoms. The van der Waals surface area contributed by atoms with Gasteiger partial charge in [0.05, 0.1) is 17.1 Å². The molecule has 5 heterocycles. The number of fused-ring (bicyclic) bond motifs is 1. The molecule has 200 valence electrons. The van der Waals surface area contributed by atoms with Crippen molar-refractivity contribution in [2.45, 2.75) is 70.3 Å². The Balaban J connectivity index is 1.08. The molecule has 4 fully saturated rings. The molecular formula is C29H42N6O2. The molecule has 4 aliphatic rings. The van der Waals surface area contributed by atoms with Crippen molar-refractivity contribution in [1.82, 2.24) is 25.3 Å². The molecule has 2 aromatic rings. The van der Waals surface area contributed by atoms with Crippen molar-refractivity contribution in [3.8, 4) is 0 Å². The molecule has 1 unspecified atom stereocenters. The van der Waals surface area contributed by atoms with Gasteiger partial charge in [-0.2, -0.15) is 5.10 Å². The molecule has 1 spiro atoms. The molecule has 0 aliphatic carbocycles. The van der Waals surface area contributed by atoms with Crippen LogP contribution in [0.25, 0.3) is 10.9 Å². The first-order valence-electron chi connectivity index (χ1n) is 14.4. The van der Waals surface area contributed by atoms with Crippen LogP contribution in [0.1, 0.15) is 69.9 Å². The fourth-order valence-corrected chi connectivity index (χ4v) is 7.48. The number of nitrogens with zero attached hydrogens (tertiary/aromatic N) is 4. The Morgan fingerprint density at radius 3 is 2.43 bits per heavy atom. The Kier molecular flexibility index (Phi) is 6.74. The van der Waals surface area contributed by atoms with E-state index in [1.165, 1.54) is 70.4 Å². The number of benzene rings is 1. The highest BCUT2D eigenvalue weighted by molar-refractivity contribution is 6.02. The minimum Gasteiger partial charge on any atom is -0.371 e. The first-order valence-corrected chi connectivity index (χ1v) is 14.4. The molecule has 0 saturated carbocycles. The van der Waals surface area contributed by atoms with E-state index in [4.69, 9.17) is 5.10 Å². The number of anilines is 1. The summed E-state index contributed by atoms with van der Waals surface area (Å²) in [6.07, 6.45) is 8.85. The van der Waals surface area contributed by atoms with Crippen LogP contribution in [0.2, 0.25) is 0 Å². The van der Waals surface area contributed by atoms with E-state index >= 15 is 0 Å². The lowest BCUT2D eigenvalue weighted by molar-refractivity contribution is -0.134. The zero-order valence-electron chi connectivity index (χ0n) is 22.5. The molecule has 4 aliphatic heterocycles. The van der Waals surface area contributed by atoms with Gasteiger partial charge in [-0.05, 0) is 108 Å². The number of hydrogen-bond donors (Lipinski definition) is 2. The Labute approximate surface area is 220 Å². The van der Waals surface area contributed by atoms with Crippen LogP contribution in [-0.4, -0.2) is 71.8 Å². The predicted octanol–water partition coefficient (Wildman–Crippen LogP) is 3.16. The standard InChI is InChI=1S/C29H42N6O2/c1-20(34-17-11-29(12-18-34)9-13-30-14-10-29)21-7-15-35(16-8-21)22-3-4-23-25(19-22)33(2)32-27(23)24-5-6-26(36)31-28(24)37/h3-4,19-21,24,30H,5-18H2,1-2H3,(H,31,36,37)/t20-,24?/m1/s1. The third-order valence-corrected chi connectivity index (χ3v) is 10.1. The van der Waals surface area contributed by atoms with Gasteiger partial charge in [0.2, 0.25) is 11.8 Å². The van der Waals surface area contributed by atoms with Crippen molar-refractivity contribution in [2.75, 3.05) is 44.2 Å². The van der Waals surface area contributed by atoms with E-state index in [0.29, 0.717) is 24.3 Å². The summed E-state index contributed by atoms with van der Waals surface area (Å²) in [5.41, 5.74) is 3.69. The van der Waals surface area contributed by atoms with Gasteiger partial charge in [0.15, 0.2) is 0 Å². The number of amides is 2. The Morgan fingerprint density at radius 2 is 1.73 bits per heavy atom. The number of rotatable bonds is 4. The van der Waals surface area contributed by atoms with Crippen molar-refractivity contribution >= 4 is 28.4 Å².